The minimum Gasteiger partial charge on any atom is -0.495 e. The van der Waals surface area contributed by atoms with Gasteiger partial charge in [0, 0.05) is 0 Å². The maximum absolute atomic E-state index is 13.0. The molecular weight excluding hydrogens is 159 g/mol. The van der Waals surface area contributed by atoms with Gasteiger partial charge in [0.15, 0.2) is 5.82 Å². The molecule has 0 saturated carbocycles. The number of methoxy groups -OCH3 is 1. The van der Waals surface area contributed by atoms with Crippen molar-refractivity contribution in [3.05, 3.63) is 17.4 Å². The summed E-state index contributed by atoms with van der Waals surface area (Å²) in [6.45, 7) is 1.60. The first-order valence-corrected chi connectivity index (χ1v) is 3.46. The normalized spacial score (nSPS) is 9.92. The monoisotopic (exact) mass is 170 g/mol. The Morgan fingerprint density at radius 3 is 2.42 bits per heavy atom. The van der Waals surface area contributed by atoms with Crippen LogP contribution in [-0.4, -0.2) is 7.11 Å². The van der Waals surface area contributed by atoms with E-state index in [1.54, 1.807) is 6.92 Å². The second kappa shape index (κ2) is 2.89. The van der Waals surface area contributed by atoms with Crippen LogP contribution in [0.15, 0.2) is 6.07 Å². The lowest BCUT2D eigenvalue weighted by Gasteiger charge is -2.09. The molecule has 0 fully saturated rings. The van der Waals surface area contributed by atoms with E-state index in [0.717, 1.165) is 0 Å². The van der Waals surface area contributed by atoms with Crippen LogP contribution >= 0.6 is 0 Å². The fourth-order valence-electron chi connectivity index (χ4n) is 0.970. The Balaban J connectivity index is 3.39. The maximum atomic E-state index is 13.0. The average Bonchev–Trinajstić information content (AvgIpc) is 2.08. The largest absolute Gasteiger partial charge is 0.495 e. The molecular formula is C8H11FN2O. The summed E-state index contributed by atoms with van der Waals surface area (Å²) in [4.78, 5) is 0. The highest BCUT2D eigenvalue weighted by molar-refractivity contribution is 5.72. The zero-order chi connectivity index (χ0) is 9.30. The maximum Gasteiger partial charge on any atom is 0.151 e. The third kappa shape index (κ3) is 1.15. The number of ether oxygens (including phenoxy) is 1. The summed E-state index contributed by atoms with van der Waals surface area (Å²) in [5.74, 6) is -0.0697. The molecule has 0 amide bonds. The molecule has 4 N–H and O–H groups in total. The van der Waals surface area contributed by atoms with Gasteiger partial charge in [0.25, 0.3) is 0 Å². The Kier molecular flexibility index (Phi) is 2.08. The number of anilines is 2. The molecule has 0 heterocycles. The van der Waals surface area contributed by atoms with Crippen LogP contribution < -0.4 is 16.2 Å². The SMILES string of the molecule is COc1cc(C)c(F)c(N)c1N. The molecule has 0 atom stereocenters. The van der Waals surface area contributed by atoms with Gasteiger partial charge >= 0.3 is 0 Å². The van der Waals surface area contributed by atoms with E-state index < -0.39 is 5.82 Å². The number of halogens is 1. The van der Waals surface area contributed by atoms with Crippen LogP contribution in [0.25, 0.3) is 0 Å². The Hall–Kier alpha value is -1.45. The van der Waals surface area contributed by atoms with E-state index in [1.165, 1.54) is 13.2 Å². The van der Waals surface area contributed by atoms with E-state index in [0.29, 0.717) is 11.3 Å². The third-order valence-electron chi connectivity index (χ3n) is 1.71. The molecule has 1 aromatic carbocycles. The summed E-state index contributed by atoms with van der Waals surface area (Å²) in [7, 11) is 1.46. The molecule has 4 heteroatoms. The lowest BCUT2D eigenvalue weighted by atomic mass is 10.1. The first-order valence-electron chi connectivity index (χ1n) is 3.46. The van der Waals surface area contributed by atoms with Crippen molar-refractivity contribution in [2.24, 2.45) is 0 Å². The molecule has 0 unspecified atom stereocenters. The van der Waals surface area contributed by atoms with Gasteiger partial charge in [0.2, 0.25) is 0 Å². The van der Waals surface area contributed by atoms with Crippen molar-refractivity contribution in [3.63, 3.8) is 0 Å². The van der Waals surface area contributed by atoms with Crippen LogP contribution in [0.4, 0.5) is 15.8 Å². The van der Waals surface area contributed by atoms with Gasteiger partial charge in [0.1, 0.15) is 11.4 Å². The zero-order valence-electron chi connectivity index (χ0n) is 7.02. The highest BCUT2D eigenvalue weighted by atomic mass is 19.1. The van der Waals surface area contributed by atoms with Gasteiger partial charge in [-0.25, -0.2) is 4.39 Å². The van der Waals surface area contributed by atoms with E-state index in [-0.39, 0.29) is 11.4 Å². The molecule has 1 rings (SSSR count). The minimum atomic E-state index is -0.478. The van der Waals surface area contributed by atoms with Crippen LogP contribution in [0.5, 0.6) is 5.75 Å². The van der Waals surface area contributed by atoms with Crippen molar-refractivity contribution >= 4 is 11.4 Å². The lowest BCUT2D eigenvalue weighted by Crippen LogP contribution is -2.02. The number of hydrogen-bond acceptors (Lipinski definition) is 3. The Labute approximate surface area is 70.1 Å². The van der Waals surface area contributed by atoms with Gasteiger partial charge in [-0.15, -0.1) is 0 Å². The Bertz CT molecular complexity index is 312. The molecule has 1 aromatic rings. The van der Waals surface area contributed by atoms with E-state index in [2.05, 4.69) is 0 Å². The summed E-state index contributed by atoms with van der Waals surface area (Å²) in [5.41, 5.74) is 11.4. The van der Waals surface area contributed by atoms with Crippen molar-refractivity contribution in [2.75, 3.05) is 18.6 Å². The molecule has 3 nitrogen and oxygen atoms in total. The fourth-order valence-corrected chi connectivity index (χ4v) is 0.970. The second-order valence-electron chi connectivity index (χ2n) is 2.54. The van der Waals surface area contributed by atoms with Crippen LogP contribution in [0.2, 0.25) is 0 Å². The van der Waals surface area contributed by atoms with Gasteiger partial charge in [-0.05, 0) is 18.6 Å². The Morgan fingerprint density at radius 1 is 1.33 bits per heavy atom. The third-order valence-corrected chi connectivity index (χ3v) is 1.71. The lowest BCUT2D eigenvalue weighted by molar-refractivity contribution is 0.416. The molecule has 0 spiro atoms. The highest BCUT2D eigenvalue weighted by Crippen LogP contribution is 2.31. The number of nitrogen functional groups attached to an aromatic ring is 2. The van der Waals surface area contributed by atoms with Crippen molar-refractivity contribution in [3.8, 4) is 5.75 Å². The summed E-state index contributed by atoms with van der Waals surface area (Å²) in [5, 5.41) is 0. The molecule has 12 heavy (non-hydrogen) atoms. The summed E-state index contributed by atoms with van der Waals surface area (Å²) in [6.07, 6.45) is 0. The van der Waals surface area contributed by atoms with Crippen LogP contribution in [0.3, 0.4) is 0 Å². The Morgan fingerprint density at radius 2 is 1.92 bits per heavy atom. The van der Waals surface area contributed by atoms with Gasteiger partial charge in [-0.3, -0.25) is 0 Å². The minimum absolute atomic E-state index is 0.0492. The van der Waals surface area contributed by atoms with Crippen molar-refractivity contribution in [1.29, 1.82) is 0 Å². The van der Waals surface area contributed by atoms with Crippen LogP contribution in [0, 0.1) is 12.7 Å². The van der Waals surface area contributed by atoms with Gasteiger partial charge in [0.05, 0.1) is 12.8 Å². The topological polar surface area (TPSA) is 61.3 Å². The highest BCUT2D eigenvalue weighted by Gasteiger charge is 2.11. The predicted molar refractivity (Wildman–Crippen MR) is 46.5 cm³/mol. The van der Waals surface area contributed by atoms with Crippen molar-refractivity contribution < 1.29 is 9.13 Å². The fraction of sp³-hybridized carbons (Fsp3) is 0.250. The summed E-state index contributed by atoms with van der Waals surface area (Å²) < 4.78 is 17.9. The van der Waals surface area contributed by atoms with Crippen LogP contribution in [0.1, 0.15) is 5.56 Å². The number of rotatable bonds is 1. The number of nitrogens with two attached hydrogens (primary N) is 2. The quantitative estimate of drug-likeness (QED) is 0.624. The molecule has 0 saturated heterocycles. The standard InChI is InChI=1S/C8H11FN2O/c1-4-3-5(12-2)7(10)8(11)6(4)9/h3H,10-11H2,1-2H3. The molecule has 0 radical (unpaired) electrons. The van der Waals surface area contributed by atoms with Gasteiger partial charge in [-0.1, -0.05) is 0 Å². The van der Waals surface area contributed by atoms with Gasteiger partial charge < -0.3 is 16.2 Å². The van der Waals surface area contributed by atoms with Gasteiger partial charge in [-0.2, -0.15) is 0 Å². The van der Waals surface area contributed by atoms with Crippen LogP contribution in [-0.2, 0) is 0 Å². The van der Waals surface area contributed by atoms with Crippen molar-refractivity contribution in [2.45, 2.75) is 6.92 Å². The summed E-state index contributed by atoms with van der Waals surface area (Å²) in [6, 6.07) is 1.51. The van der Waals surface area contributed by atoms with E-state index >= 15 is 0 Å². The van der Waals surface area contributed by atoms with Crippen molar-refractivity contribution in [1.82, 2.24) is 0 Å². The summed E-state index contributed by atoms with van der Waals surface area (Å²) >= 11 is 0. The van der Waals surface area contributed by atoms with E-state index in [1.807, 2.05) is 0 Å². The first-order chi connectivity index (χ1) is 5.57. The second-order valence-corrected chi connectivity index (χ2v) is 2.54. The van der Waals surface area contributed by atoms with E-state index in [9.17, 15) is 4.39 Å². The van der Waals surface area contributed by atoms with E-state index in [4.69, 9.17) is 16.2 Å². The molecule has 66 valence electrons. The number of hydrogen-bond donors (Lipinski definition) is 2. The number of benzene rings is 1. The number of aryl methyl sites for hydroxylation is 1. The molecule has 0 aliphatic heterocycles. The smallest absolute Gasteiger partial charge is 0.151 e. The first kappa shape index (κ1) is 8.64. The average molecular weight is 170 g/mol. The molecule has 0 aliphatic carbocycles. The molecule has 0 aliphatic rings. The zero-order valence-corrected chi connectivity index (χ0v) is 7.02. The molecule has 0 bridgehead atoms. The predicted octanol–water partition coefficient (Wildman–Crippen LogP) is 1.31. The molecule has 0 aromatic heterocycles.